The SMILES string of the molecule is Cl.Cl.O=C(Nc1cc(F)cc(N2CCOCC2)c1)C1CC(O)CN1. The topological polar surface area (TPSA) is 73.8 Å². The lowest BCUT2D eigenvalue weighted by molar-refractivity contribution is -0.117. The zero-order valence-electron chi connectivity index (χ0n) is 13.0. The third kappa shape index (κ3) is 5.19. The van der Waals surface area contributed by atoms with E-state index in [9.17, 15) is 14.3 Å². The minimum atomic E-state index is -0.507. The molecule has 0 saturated carbocycles. The predicted molar refractivity (Wildman–Crippen MR) is 95.0 cm³/mol. The minimum Gasteiger partial charge on any atom is -0.392 e. The van der Waals surface area contributed by atoms with Crippen molar-refractivity contribution in [3.63, 3.8) is 0 Å². The molecule has 1 aromatic carbocycles. The van der Waals surface area contributed by atoms with Crippen LogP contribution in [0.2, 0.25) is 0 Å². The molecular weight excluding hydrogens is 360 g/mol. The number of β-amino-alcohol motifs (C(OH)–C–C–N with tert-alkyl or cyclic N) is 1. The Morgan fingerprint density at radius 1 is 1.29 bits per heavy atom. The second kappa shape index (κ2) is 9.39. The maximum absolute atomic E-state index is 13.8. The van der Waals surface area contributed by atoms with Crippen LogP contribution in [0, 0.1) is 5.82 Å². The highest BCUT2D eigenvalue weighted by molar-refractivity contribution is 5.95. The number of ether oxygens (including phenoxy) is 1. The van der Waals surface area contributed by atoms with Gasteiger partial charge in [-0.1, -0.05) is 0 Å². The molecule has 2 aliphatic heterocycles. The first kappa shape index (κ1) is 20.9. The van der Waals surface area contributed by atoms with E-state index in [0.29, 0.717) is 45.0 Å². The van der Waals surface area contributed by atoms with Gasteiger partial charge in [-0.2, -0.15) is 0 Å². The summed E-state index contributed by atoms with van der Waals surface area (Å²) in [4.78, 5) is 14.1. The van der Waals surface area contributed by atoms with Gasteiger partial charge in [-0.05, 0) is 24.6 Å². The van der Waals surface area contributed by atoms with Crippen LogP contribution < -0.4 is 15.5 Å². The van der Waals surface area contributed by atoms with Crippen LogP contribution in [0.1, 0.15) is 6.42 Å². The van der Waals surface area contributed by atoms with Crippen LogP contribution in [0.15, 0.2) is 18.2 Å². The Bertz CT molecular complexity index is 559. The van der Waals surface area contributed by atoms with E-state index in [1.807, 2.05) is 4.90 Å². The fourth-order valence-electron chi connectivity index (χ4n) is 2.80. The number of carbonyl (C=O) groups is 1. The molecule has 24 heavy (non-hydrogen) atoms. The molecule has 0 bridgehead atoms. The molecule has 6 nitrogen and oxygen atoms in total. The highest BCUT2D eigenvalue weighted by atomic mass is 35.5. The fraction of sp³-hybridized carbons (Fsp3) is 0.533. The van der Waals surface area contributed by atoms with E-state index in [1.165, 1.54) is 12.1 Å². The van der Waals surface area contributed by atoms with Crippen molar-refractivity contribution in [2.75, 3.05) is 43.1 Å². The summed E-state index contributed by atoms with van der Waals surface area (Å²) in [5, 5.41) is 15.1. The van der Waals surface area contributed by atoms with Gasteiger partial charge >= 0.3 is 0 Å². The summed E-state index contributed by atoms with van der Waals surface area (Å²) in [6.45, 7) is 3.03. The van der Waals surface area contributed by atoms with Crippen molar-refractivity contribution in [3.05, 3.63) is 24.0 Å². The van der Waals surface area contributed by atoms with Gasteiger partial charge in [0, 0.05) is 31.0 Å². The van der Waals surface area contributed by atoms with Crippen molar-refractivity contribution >= 4 is 42.1 Å². The Morgan fingerprint density at radius 3 is 2.62 bits per heavy atom. The zero-order chi connectivity index (χ0) is 15.5. The van der Waals surface area contributed by atoms with Crippen molar-refractivity contribution in [3.8, 4) is 0 Å². The normalized spacial score (nSPS) is 23.2. The molecule has 2 heterocycles. The smallest absolute Gasteiger partial charge is 0.241 e. The lowest BCUT2D eigenvalue weighted by Gasteiger charge is -2.29. The van der Waals surface area contributed by atoms with Crippen LogP contribution in [0.4, 0.5) is 15.8 Å². The average Bonchev–Trinajstić information content (AvgIpc) is 2.94. The molecule has 2 saturated heterocycles. The number of anilines is 2. The van der Waals surface area contributed by atoms with Gasteiger partial charge in [-0.3, -0.25) is 4.79 Å². The molecule has 2 atom stereocenters. The van der Waals surface area contributed by atoms with Crippen molar-refractivity contribution in [1.29, 1.82) is 0 Å². The molecule has 1 aromatic rings. The van der Waals surface area contributed by atoms with Crippen LogP contribution >= 0.6 is 24.8 Å². The number of carbonyl (C=O) groups excluding carboxylic acids is 1. The second-order valence-corrected chi connectivity index (χ2v) is 5.64. The number of amides is 1. The quantitative estimate of drug-likeness (QED) is 0.732. The summed E-state index contributed by atoms with van der Waals surface area (Å²) in [5.74, 6) is -0.645. The number of halogens is 3. The van der Waals surface area contributed by atoms with Crippen molar-refractivity contribution in [1.82, 2.24) is 5.32 Å². The number of hydrogen-bond donors (Lipinski definition) is 3. The van der Waals surface area contributed by atoms with Crippen LogP contribution in [0.25, 0.3) is 0 Å². The number of aliphatic hydroxyl groups is 1. The molecule has 0 aliphatic carbocycles. The Morgan fingerprint density at radius 2 is 2.00 bits per heavy atom. The van der Waals surface area contributed by atoms with Crippen molar-refractivity contribution in [2.45, 2.75) is 18.6 Å². The monoisotopic (exact) mass is 381 g/mol. The van der Waals surface area contributed by atoms with Crippen LogP contribution in [0.5, 0.6) is 0 Å². The predicted octanol–water partition coefficient (Wildman–Crippen LogP) is 1.17. The van der Waals surface area contributed by atoms with Gasteiger partial charge < -0.3 is 25.4 Å². The standard InChI is InChI=1S/C15H20FN3O3.2ClH/c16-10-5-11(18-15(21)14-8-13(20)9-17-14)7-12(6-10)19-1-3-22-4-2-19;;/h5-7,13-14,17,20H,1-4,8-9H2,(H,18,21);2*1H. The largest absolute Gasteiger partial charge is 0.392 e. The maximum Gasteiger partial charge on any atom is 0.241 e. The lowest BCUT2D eigenvalue weighted by Crippen LogP contribution is -2.37. The van der Waals surface area contributed by atoms with E-state index in [0.717, 1.165) is 5.69 Å². The molecule has 3 rings (SSSR count). The van der Waals surface area contributed by atoms with E-state index in [4.69, 9.17) is 4.74 Å². The molecule has 2 aliphatic rings. The lowest BCUT2D eigenvalue weighted by atomic mass is 10.2. The highest BCUT2D eigenvalue weighted by Gasteiger charge is 2.28. The number of nitrogens with one attached hydrogen (secondary N) is 2. The highest BCUT2D eigenvalue weighted by Crippen LogP contribution is 2.23. The maximum atomic E-state index is 13.8. The van der Waals surface area contributed by atoms with Crippen molar-refractivity contribution in [2.24, 2.45) is 0 Å². The first-order chi connectivity index (χ1) is 10.6. The van der Waals surface area contributed by atoms with Gasteiger partial charge in [-0.15, -0.1) is 24.8 Å². The van der Waals surface area contributed by atoms with Gasteiger partial charge in [0.05, 0.1) is 25.4 Å². The van der Waals surface area contributed by atoms with Crippen LogP contribution in [-0.4, -0.2) is 56.0 Å². The van der Waals surface area contributed by atoms with Gasteiger partial charge in [-0.25, -0.2) is 4.39 Å². The molecule has 2 fully saturated rings. The number of morpholine rings is 1. The van der Waals surface area contributed by atoms with E-state index in [1.54, 1.807) is 6.07 Å². The van der Waals surface area contributed by atoms with Gasteiger partial charge in [0.1, 0.15) is 5.82 Å². The summed E-state index contributed by atoms with van der Waals surface area (Å²) in [6.07, 6.45) is -0.135. The van der Waals surface area contributed by atoms with Gasteiger partial charge in [0.2, 0.25) is 5.91 Å². The van der Waals surface area contributed by atoms with Gasteiger partial charge in [0.25, 0.3) is 0 Å². The van der Waals surface area contributed by atoms with E-state index in [-0.39, 0.29) is 30.7 Å². The molecule has 136 valence electrons. The molecule has 3 N–H and O–H groups in total. The second-order valence-electron chi connectivity index (χ2n) is 5.64. The fourth-order valence-corrected chi connectivity index (χ4v) is 2.80. The molecule has 1 amide bonds. The van der Waals surface area contributed by atoms with Crippen molar-refractivity contribution < 1.29 is 19.0 Å². The Labute approximate surface area is 152 Å². The van der Waals surface area contributed by atoms with E-state index in [2.05, 4.69) is 10.6 Å². The number of rotatable bonds is 3. The third-order valence-corrected chi connectivity index (χ3v) is 3.95. The number of aliphatic hydroxyl groups excluding tert-OH is 1. The van der Waals surface area contributed by atoms with Crippen LogP contribution in [0.3, 0.4) is 0 Å². The molecule has 0 aromatic heterocycles. The van der Waals surface area contributed by atoms with Gasteiger partial charge in [0.15, 0.2) is 0 Å². The minimum absolute atomic E-state index is 0. The van der Waals surface area contributed by atoms with Crippen LogP contribution in [-0.2, 0) is 9.53 Å². The summed E-state index contributed by atoms with van der Waals surface area (Å²) < 4.78 is 19.1. The average molecular weight is 382 g/mol. The number of hydrogen-bond acceptors (Lipinski definition) is 5. The molecule has 0 spiro atoms. The first-order valence-corrected chi connectivity index (χ1v) is 7.47. The summed E-state index contributed by atoms with van der Waals surface area (Å²) in [5.41, 5.74) is 1.16. The molecule has 0 radical (unpaired) electrons. The Balaban J connectivity index is 0.00000144. The molecule has 2 unspecified atom stereocenters. The Hall–Kier alpha value is -1.12. The molecular formula is C15H22Cl2FN3O3. The zero-order valence-corrected chi connectivity index (χ0v) is 14.7. The first-order valence-electron chi connectivity index (χ1n) is 7.47. The Kier molecular flexibility index (Phi) is 8.18. The molecule has 9 heteroatoms. The number of benzene rings is 1. The van der Waals surface area contributed by atoms with E-state index < -0.39 is 18.0 Å². The summed E-state index contributed by atoms with van der Waals surface area (Å²) in [7, 11) is 0. The van der Waals surface area contributed by atoms with E-state index >= 15 is 0 Å². The summed E-state index contributed by atoms with van der Waals surface area (Å²) >= 11 is 0. The third-order valence-electron chi connectivity index (χ3n) is 3.95. The summed E-state index contributed by atoms with van der Waals surface area (Å²) in [6, 6.07) is 4.08. The number of nitrogens with zero attached hydrogens (tertiary/aromatic N) is 1.